The van der Waals surface area contributed by atoms with Crippen LogP contribution < -0.4 is 5.32 Å². The number of anilines is 1. The van der Waals surface area contributed by atoms with E-state index in [0.29, 0.717) is 45.4 Å². The van der Waals surface area contributed by atoms with Crippen molar-refractivity contribution < 1.29 is 57.4 Å². The van der Waals surface area contributed by atoms with Crippen molar-refractivity contribution >= 4 is 64.9 Å². The van der Waals surface area contributed by atoms with Crippen molar-refractivity contribution in [2.75, 3.05) is 24.3 Å². The third-order valence-corrected chi connectivity index (χ3v) is 12.2. The number of nitrogens with zero attached hydrogens (tertiary/aromatic N) is 5. The van der Waals surface area contributed by atoms with E-state index in [4.69, 9.17) is 28.9 Å². The van der Waals surface area contributed by atoms with Crippen LogP contribution in [0.15, 0.2) is 114 Å². The molecule has 0 aliphatic heterocycles. The molecule has 6 atom stereocenters. The zero-order chi connectivity index (χ0) is 48.4. The molecule has 2 heterocycles. The zero-order valence-corrected chi connectivity index (χ0v) is 37.7. The van der Waals surface area contributed by atoms with Gasteiger partial charge in [-0.05, 0) is 102 Å². The number of aromatic nitrogens is 5. The van der Waals surface area contributed by atoms with Crippen LogP contribution in [0.2, 0.25) is 0 Å². The van der Waals surface area contributed by atoms with Crippen molar-refractivity contribution in [2.24, 2.45) is 0 Å². The number of thioether (sulfide) groups is 1. The summed E-state index contributed by atoms with van der Waals surface area (Å²) in [6, 6.07) is 21.2. The lowest BCUT2D eigenvalue weighted by Crippen LogP contribution is -2.40. The second kappa shape index (κ2) is 22.0. The number of hydrogen-bond acceptors (Lipinski definition) is 16. The molecule has 0 spiro atoms. The van der Waals surface area contributed by atoms with Crippen LogP contribution in [0, 0.1) is 11.6 Å². The van der Waals surface area contributed by atoms with Gasteiger partial charge >= 0.3 is 17.9 Å². The number of ether oxygens (including phenoxy) is 4. The summed E-state index contributed by atoms with van der Waals surface area (Å²) in [4.78, 5) is 49.7. The maximum Gasteiger partial charge on any atom is 0.331 e. The molecule has 0 radical (unpaired) electrons. The normalized spacial score (nSPS) is 19.9. The van der Waals surface area contributed by atoms with Crippen molar-refractivity contribution in [3.63, 3.8) is 0 Å². The van der Waals surface area contributed by atoms with Gasteiger partial charge < -0.3 is 39.6 Å². The highest BCUT2D eigenvalue weighted by molar-refractivity contribution is 7.99. The Bertz CT molecular complexity index is 2880. The van der Waals surface area contributed by atoms with Crippen LogP contribution in [0.5, 0.6) is 17.2 Å². The van der Waals surface area contributed by atoms with Crippen LogP contribution in [0.4, 0.5) is 14.6 Å². The first-order chi connectivity index (χ1) is 33.4. The van der Waals surface area contributed by atoms with Crippen molar-refractivity contribution in [2.45, 2.75) is 67.7 Å². The summed E-state index contributed by atoms with van der Waals surface area (Å²) in [6.45, 7) is 1.64. The Labute approximate surface area is 398 Å². The summed E-state index contributed by atoms with van der Waals surface area (Å²) in [5.41, 5.74) is 2.98. The molecule has 2 saturated carbocycles. The fraction of sp³-hybridized carbons (Fsp3) is 0.260. The van der Waals surface area contributed by atoms with Gasteiger partial charge in [0.2, 0.25) is 0 Å². The van der Waals surface area contributed by atoms with Crippen molar-refractivity contribution in [3.8, 4) is 17.2 Å². The summed E-state index contributed by atoms with van der Waals surface area (Å²) in [5, 5.41) is 41.9. The summed E-state index contributed by atoms with van der Waals surface area (Å²) in [7, 11) is 0. The number of phenols is 3. The molecule has 2 aromatic heterocycles. The van der Waals surface area contributed by atoms with Gasteiger partial charge in [0.25, 0.3) is 0 Å². The van der Waals surface area contributed by atoms with Crippen LogP contribution in [0.3, 0.4) is 0 Å². The van der Waals surface area contributed by atoms with Crippen LogP contribution in [0.25, 0.3) is 29.4 Å². The lowest BCUT2D eigenvalue weighted by molar-refractivity contribution is -0.169. The van der Waals surface area contributed by atoms with Crippen molar-refractivity contribution in [1.82, 2.24) is 25.0 Å². The number of nitrogens with one attached hydrogen (secondary N) is 1. The van der Waals surface area contributed by atoms with Gasteiger partial charge in [-0.25, -0.2) is 37.8 Å². The van der Waals surface area contributed by atoms with Crippen LogP contribution >= 0.6 is 11.8 Å². The predicted molar refractivity (Wildman–Crippen MR) is 251 cm³/mol. The number of esters is 3. The van der Waals surface area contributed by atoms with Gasteiger partial charge in [-0.2, -0.15) is 0 Å². The van der Waals surface area contributed by atoms with E-state index in [1.165, 1.54) is 95.4 Å². The highest BCUT2D eigenvalue weighted by atomic mass is 32.2. The highest BCUT2D eigenvalue weighted by Crippen LogP contribution is 2.44. The Morgan fingerprint density at radius 3 is 1.90 bits per heavy atom. The van der Waals surface area contributed by atoms with Crippen molar-refractivity contribution in [1.29, 1.82) is 0 Å². The number of carbonyl (C=O) groups is 3. The molecule has 8 rings (SSSR count). The summed E-state index contributed by atoms with van der Waals surface area (Å²) >= 11 is 1.40. The zero-order valence-electron chi connectivity index (χ0n) is 36.9. The number of carbonyl (C=O) groups excluding carboxylic acids is 3. The summed E-state index contributed by atoms with van der Waals surface area (Å²) in [5.74, 6) is -3.12. The second-order valence-electron chi connectivity index (χ2n) is 16.1. The number of halogens is 2. The van der Waals surface area contributed by atoms with Crippen LogP contribution in [-0.4, -0.2) is 102 Å². The largest absolute Gasteiger partial charge is 0.508 e. The minimum atomic E-state index is -1.28. The standard InChI is InChI=1S/C50H46F2N6O10S/c1-2-25-69-50-54-48(53-39-27-36(39)32-12-19-37(51)38(52)26-32)45-49(55-50)58(57-56-45)40-28-41(65-23-24-66-42(62)20-9-29-3-13-33(59)14-4-29)47(68-44(64)22-11-31-7-17-35(61)18-8-31)46(40)67-43(63)21-10-30-5-15-34(60)16-6-30/h3-22,26,36,39-41,46-47,59-61H,2,23-25,27-28H2,1H3,(H,53,54,55)/b20-9+,21-10+,22-11+/t36-,39-,40-,41-,46-,47+/m0/s1. The topological polar surface area (TPSA) is 217 Å². The minimum Gasteiger partial charge on any atom is -0.508 e. The fourth-order valence-corrected chi connectivity index (χ4v) is 8.34. The maximum absolute atomic E-state index is 14.2. The maximum atomic E-state index is 14.2. The smallest absolute Gasteiger partial charge is 0.331 e. The summed E-state index contributed by atoms with van der Waals surface area (Å²) < 4.78 is 53.4. The molecule has 2 fully saturated rings. The number of fused-ring (bicyclic) bond motifs is 1. The molecule has 2 aliphatic carbocycles. The molecule has 0 bridgehead atoms. The summed E-state index contributed by atoms with van der Waals surface area (Å²) in [6.07, 6.45) is 6.00. The molecule has 4 aromatic carbocycles. The van der Waals surface area contributed by atoms with Crippen LogP contribution in [0.1, 0.15) is 60.4 Å². The molecule has 2 aliphatic rings. The Hall–Kier alpha value is -7.64. The van der Waals surface area contributed by atoms with E-state index < -0.39 is 53.9 Å². The quantitative estimate of drug-likeness (QED) is 0.0151. The van der Waals surface area contributed by atoms with Gasteiger partial charge in [-0.3, -0.25) is 0 Å². The number of rotatable bonds is 19. The van der Waals surface area contributed by atoms with E-state index in [1.54, 1.807) is 42.5 Å². The van der Waals surface area contributed by atoms with Gasteiger partial charge in [0.1, 0.15) is 30.0 Å². The van der Waals surface area contributed by atoms with E-state index >= 15 is 0 Å². The third kappa shape index (κ3) is 12.5. The Morgan fingerprint density at radius 1 is 0.739 bits per heavy atom. The number of benzene rings is 4. The van der Waals surface area contributed by atoms with Crippen molar-refractivity contribution in [3.05, 3.63) is 143 Å². The fourth-order valence-electron chi connectivity index (χ4n) is 7.65. The third-order valence-electron chi connectivity index (χ3n) is 11.2. The van der Waals surface area contributed by atoms with E-state index in [1.807, 2.05) is 6.92 Å². The lowest BCUT2D eigenvalue weighted by atomic mass is 10.1. The molecule has 19 heteroatoms. The minimum absolute atomic E-state index is 0.0252. The van der Waals surface area contributed by atoms with Crippen LogP contribution in [-0.2, 0) is 33.3 Å². The molecule has 0 unspecified atom stereocenters. The molecule has 356 valence electrons. The Kier molecular flexibility index (Phi) is 15.2. The van der Waals surface area contributed by atoms with E-state index in [9.17, 15) is 38.5 Å². The van der Waals surface area contributed by atoms with E-state index in [2.05, 4.69) is 15.6 Å². The molecule has 0 saturated heterocycles. The first kappa shape index (κ1) is 47.8. The predicted octanol–water partition coefficient (Wildman–Crippen LogP) is 7.92. The molecule has 69 heavy (non-hydrogen) atoms. The first-order valence-electron chi connectivity index (χ1n) is 22.0. The van der Waals surface area contributed by atoms with Gasteiger partial charge in [0.15, 0.2) is 46.0 Å². The van der Waals surface area contributed by atoms with Gasteiger partial charge in [-0.1, -0.05) is 66.4 Å². The SMILES string of the molecule is CCCSc1nc(N[C@H]2C[C@H]2c2ccc(F)c(F)c2)c2nnn([C@H]3C[C@H](OCCOC(=O)/C=C/c4ccc(O)cc4)[C@@H](OC(=O)/C=C/c4ccc(O)cc4)[C@H]3OC(=O)/C=C/c3ccc(O)cc3)c2n1. The molecule has 16 nitrogen and oxygen atoms in total. The lowest BCUT2D eigenvalue weighted by Gasteiger charge is -2.26. The van der Waals surface area contributed by atoms with Gasteiger partial charge in [0.05, 0.1) is 12.6 Å². The Balaban J connectivity index is 1.10. The molecule has 4 N–H and O–H groups in total. The highest BCUT2D eigenvalue weighted by Gasteiger charge is 2.51. The van der Waals surface area contributed by atoms with E-state index in [-0.39, 0.29) is 60.0 Å². The molecule has 0 amide bonds. The number of hydrogen-bond donors (Lipinski definition) is 4. The average Bonchev–Trinajstić information content (AvgIpc) is 3.86. The molecular weight excluding hydrogens is 915 g/mol. The number of phenolic OH excluding ortho intramolecular Hbond substituents is 3. The average molecular weight is 961 g/mol. The second-order valence-corrected chi connectivity index (χ2v) is 17.2. The molecule has 6 aromatic rings. The molecular formula is C50H46F2N6O10S. The number of aromatic hydroxyl groups is 3. The van der Waals surface area contributed by atoms with Gasteiger partial charge in [-0.15, -0.1) is 5.10 Å². The van der Waals surface area contributed by atoms with Gasteiger partial charge in [0, 0.05) is 42.4 Å². The monoisotopic (exact) mass is 960 g/mol. The van der Waals surface area contributed by atoms with E-state index in [0.717, 1.165) is 12.5 Å². The Morgan fingerprint density at radius 2 is 1.32 bits per heavy atom. The first-order valence-corrected chi connectivity index (χ1v) is 23.0.